The lowest BCUT2D eigenvalue weighted by Crippen LogP contribution is -2.13. The quantitative estimate of drug-likeness (QED) is 0.666. The van der Waals surface area contributed by atoms with E-state index < -0.39 is 12.1 Å². The molecule has 0 radical (unpaired) electrons. The van der Waals surface area contributed by atoms with E-state index >= 15 is 0 Å². The van der Waals surface area contributed by atoms with Crippen LogP contribution in [0.5, 0.6) is 0 Å². The zero-order valence-electron chi connectivity index (χ0n) is 15.0. The first-order chi connectivity index (χ1) is 13.0. The molecule has 0 spiro atoms. The molecule has 1 saturated carbocycles. The van der Waals surface area contributed by atoms with E-state index in [2.05, 4.69) is 17.0 Å². The van der Waals surface area contributed by atoms with Crippen LogP contribution in [0.3, 0.4) is 0 Å². The summed E-state index contributed by atoms with van der Waals surface area (Å²) < 4.78 is 7.29. The Hall–Kier alpha value is -2.77. The second kappa shape index (κ2) is 6.75. The van der Waals surface area contributed by atoms with Gasteiger partial charge in [-0.1, -0.05) is 6.92 Å². The van der Waals surface area contributed by atoms with Crippen LogP contribution in [0.4, 0.5) is 0 Å². The Morgan fingerprint density at radius 2 is 2.04 bits per heavy atom. The number of pyridine rings is 1. The summed E-state index contributed by atoms with van der Waals surface area (Å²) in [5, 5.41) is 24.5. The second-order valence-corrected chi connectivity index (χ2v) is 7.43. The Labute approximate surface area is 156 Å². The third-order valence-corrected chi connectivity index (χ3v) is 5.00. The van der Waals surface area contributed by atoms with Crippen molar-refractivity contribution in [2.24, 2.45) is 5.41 Å². The minimum absolute atomic E-state index is 0.216. The molecule has 1 fully saturated rings. The van der Waals surface area contributed by atoms with Gasteiger partial charge in [-0.2, -0.15) is 5.10 Å². The van der Waals surface area contributed by atoms with Gasteiger partial charge in [0.2, 0.25) is 0 Å². The van der Waals surface area contributed by atoms with E-state index in [-0.39, 0.29) is 12.2 Å². The molecular weight excluding hydrogens is 346 g/mol. The number of aliphatic hydroxyl groups excluding tert-OH is 1. The topological polar surface area (TPSA) is 97.5 Å². The Morgan fingerprint density at radius 1 is 1.30 bits per heavy atom. The molecule has 1 aromatic carbocycles. The van der Waals surface area contributed by atoms with E-state index in [1.165, 1.54) is 25.0 Å². The SMILES string of the molecule is CC1(COC[C@H](O)c2cnc3c(cnn3-c3ccc(C(=O)O)cc3)c2)CC1. The number of aliphatic hydroxyl groups is 1. The zero-order valence-corrected chi connectivity index (χ0v) is 15.0. The van der Waals surface area contributed by atoms with Crippen LogP contribution in [0.2, 0.25) is 0 Å². The van der Waals surface area contributed by atoms with Crippen molar-refractivity contribution in [1.29, 1.82) is 0 Å². The van der Waals surface area contributed by atoms with Crippen LogP contribution in [0.15, 0.2) is 42.7 Å². The van der Waals surface area contributed by atoms with E-state index in [0.29, 0.717) is 23.2 Å². The second-order valence-electron chi connectivity index (χ2n) is 7.43. The van der Waals surface area contributed by atoms with Gasteiger partial charge in [-0.15, -0.1) is 0 Å². The number of aromatic carboxylic acids is 1. The van der Waals surface area contributed by atoms with Crippen molar-refractivity contribution in [1.82, 2.24) is 14.8 Å². The van der Waals surface area contributed by atoms with Crippen molar-refractivity contribution >= 4 is 17.0 Å². The molecule has 0 unspecified atom stereocenters. The third kappa shape index (κ3) is 3.70. The van der Waals surface area contributed by atoms with Crippen LogP contribution in [-0.4, -0.2) is 44.2 Å². The Kier molecular flexibility index (Phi) is 4.41. The summed E-state index contributed by atoms with van der Waals surface area (Å²) in [4.78, 5) is 15.4. The smallest absolute Gasteiger partial charge is 0.335 e. The summed E-state index contributed by atoms with van der Waals surface area (Å²) in [5.74, 6) is -0.971. The van der Waals surface area contributed by atoms with Crippen LogP contribution < -0.4 is 0 Å². The largest absolute Gasteiger partial charge is 0.478 e. The highest BCUT2D eigenvalue weighted by Gasteiger charge is 2.37. The monoisotopic (exact) mass is 367 g/mol. The summed E-state index contributed by atoms with van der Waals surface area (Å²) in [5.41, 5.74) is 2.55. The third-order valence-electron chi connectivity index (χ3n) is 5.00. The number of hydrogen-bond donors (Lipinski definition) is 2. The fourth-order valence-corrected chi connectivity index (χ4v) is 2.93. The molecule has 2 N–H and O–H groups in total. The predicted octanol–water partition coefficient (Wildman–Crippen LogP) is 2.97. The van der Waals surface area contributed by atoms with Crippen LogP contribution in [0, 0.1) is 5.41 Å². The Bertz CT molecular complexity index is 977. The average molecular weight is 367 g/mol. The van der Waals surface area contributed by atoms with E-state index in [1.807, 2.05) is 6.07 Å². The Morgan fingerprint density at radius 3 is 2.70 bits per heavy atom. The fraction of sp³-hybridized carbons (Fsp3) is 0.350. The van der Waals surface area contributed by atoms with E-state index in [1.54, 1.807) is 29.2 Å². The molecule has 0 amide bonds. The standard InChI is InChI=1S/C20H21N3O4/c1-20(6-7-20)12-27-11-17(24)14-8-15-10-22-23(18(15)21-9-14)16-4-2-13(3-5-16)19(25)26/h2-5,8-10,17,24H,6-7,11-12H2,1H3,(H,25,26)/t17-/m0/s1. The number of aromatic nitrogens is 3. The minimum atomic E-state index is -0.971. The molecular formula is C20H21N3O4. The summed E-state index contributed by atoms with van der Waals surface area (Å²) >= 11 is 0. The average Bonchev–Trinajstić information content (AvgIpc) is 3.25. The molecule has 2 aromatic heterocycles. The predicted molar refractivity (Wildman–Crippen MR) is 98.9 cm³/mol. The molecule has 1 aliphatic carbocycles. The van der Waals surface area contributed by atoms with Crippen molar-refractivity contribution < 1.29 is 19.7 Å². The van der Waals surface area contributed by atoms with E-state index in [9.17, 15) is 9.90 Å². The molecule has 2 heterocycles. The van der Waals surface area contributed by atoms with Crippen LogP contribution in [0.1, 0.15) is 41.8 Å². The highest BCUT2D eigenvalue weighted by Crippen LogP contribution is 2.45. The van der Waals surface area contributed by atoms with Gasteiger partial charge in [0.15, 0.2) is 5.65 Å². The maximum absolute atomic E-state index is 11.0. The number of hydrogen-bond acceptors (Lipinski definition) is 5. The van der Waals surface area contributed by atoms with Gasteiger partial charge in [0, 0.05) is 17.1 Å². The van der Waals surface area contributed by atoms with Gasteiger partial charge in [-0.25, -0.2) is 14.5 Å². The molecule has 1 aliphatic rings. The normalized spacial score (nSPS) is 16.4. The number of ether oxygens (including phenoxy) is 1. The van der Waals surface area contributed by atoms with Gasteiger partial charge in [-0.05, 0) is 48.6 Å². The number of benzene rings is 1. The molecule has 7 nitrogen and oxygen atoms in total. The lowest BCUT2D eigenvalue weighted by molar-refractivity contribution is 0.0184. The van der Waals surface area contributed by atoms with Crippen molar-refractivity contribution in [3.63, 3.8) is 0 Å². The van der Waals surface area contributed by atoms with Gasteiger partial charge in [0.05, 0.1) is 30.7 Å². The summed E-state index contributed by atoms with van der Waals surface area (Å²) in [6, 6.07) is 8.28. The number of fused-ring (bicyclic) bond motifs is 1. The van der Waals surface area contributed by atoms with Crippen LogP contribution in [-0.2, 0) is 4.74 Å². The first-order valence-electron chi connectivity index (χ1n) is 8.88. The minimum Gasteiger partial charge on any atom is -0.478 e. The highest BCUT2D eigenvalue weighted by molar-refractivity contribution is 5.87. The van der Waals surface area contributed by atoms with Gasteiger partial charge >= 0.3 is 5.97 Å². The molecule has 140 valence electrons. The first kappa shape index (κ1) is 17.6. The van der Waals surface area contributed by atoms with Gasteiger partial charge in [0.1, 0.15) is 6.10 Å². The van der Waals surface area contributed by atoms with Gasteiger partial charge in [-0.3, -0.25) is 0 Å². The number of carboxylic acid groups (broad SMARTS) is 1. The molecule has 4 rings (SSSR count). The maximum atomic E-state index is 11.0. The van der Waals surface area contributed by atoms with E-state index in [4.69, 9.17) is 9.84 Å². The lowest BCUT2D eigenvalue weighted by atomic mass is 10.1. The molecule has 0 bridgehead atoms. The van der Waals surface area contributed by atoms with Gasteiger partial charge < -0.3 is 14.9 Å². The van der Waals surface area contributed by atoms with Gasteiger partial charge in [0.25, 0.3) is 0 Å². The zero-order chi connectivity index (χ0) is 19.0. The molecule has 0 aliphatic heterocycles. The number of nitrogens with zero attached hydrogens (tertiary/aromatic N) is 3. The Balaban J connectivity index is 1.51. The molecule has 7 heteroatoms. The van der Waals surface area contributed by atoms with Crippen molar-refractivity contribution in [2.45, 2.75) is 25.9 Å². The van der Waals surface area contributed by atoms with E-state index in [0.717, 1.165) is 11.1 Å². The fourth-order valence-electron chi connectivity index (χ4n) is 2.93. The van der Waals surface area contributed by atoms with Crippen molar-refractivity contribution in [3.05, 3.63) is 53.9 Å². The summed E-state index contributed by atoms with van der Waals surface area (Å²) in [6.07, 6.45) is 4.93. The molecule has 0 saturated heterocycles. The molecule has 3 aromatic rings. The number of rotatable bonds is 7. The number of carboxylic acids is 1. The molecule has 1 atom stereocenters. The van der Waals surface area contributed by atoms with Crippen LogP contribution >= 0.6 is 0 Å². The number of carbonyl (C=O) groups is 1. The first-order valence-corrected chi connectivity index (χ1v) is 8.88. The summed E-state index contributed by atoms with van der Waals surface area (Å²) in [7, 11) is 0. The highest BCUT2D eigenvalue weighted by atomic mass is 16.5. The molecule has 27 heavy (non-hydrogen) atoms. The lowest BCUT2D eigenvalue weighted by Gasteiger charge is -2.14. The maximum Gasteiger partial charge on any atom is 0.335 e. The van der Waals surface area contributed by atoms with Crippen molar-refractivity contribution in [2.75, 3.05) is 13.2 Å². The summed E-state index contributed by atoms with van der Waals surface area (Å²) in [6.45, 7) is 3.10. The van der Waals surface area contributed by atoms with Crippen LogP contribution in [0.25, 0.3) is 16.7 Å². The van der Waals surface area contributed by atoms with Crippen molar-refractivity contribution in [3.8, 4) is 5.69 Å².